The molecule has 5 amide bonds. The molecule has 0 aliphatic heterocycles. The van der Waals surface area contributed by atoms with Gasteiger partial charge in [0.15, 0.2) is 5.96 Å². The van der Waals surface area contributed by atoms with E-state index in [0.29, 0.717) is 6.42 Å². The van der Waals surface area contributed by atoms with Crippen molar-refractivity contribution in [1.29, 1.82) is 0 Å². The molecule has 4 atom stereocenters. The van der Waals surface area contributed by atoms with E-state index in [0.717, 1.165) is 0 Å². The fourth-order valence-corrected chi connectivity index (χ4v) is 3.17. The van der Waals surface area contributed by atoms with Gasteiger partial charge in [-0.1, -0.05) is 13.8 Å². The first-order chi connectivity index (χ1) is 17.1. The van der Waals surface area contributed by atoms with E-state index in [-0.39, 0.29) is 44.1 Å². The number of guanidine groups is 1. The van der Waals surface area contributed by atoms with Crippen LogP contribution in [0.2, 0.25) is 0 Å². The highest BCUT2D eigenvalue weighted by molar-refractivity contribution is 5.95. The fourth-order valence-electron chi connectivity index (χ4n) is 3.17. The number of nitrogens with two attached hydrogens (primary N) is 5. The number of carboxylic acid groups (broad SMARTS) is 1. The molecule has 0 rings (SSSR count). The van der Waals surface area contributed by atoms with Gasteiger partial charge in [0.05, 0.1) is 12.5 Å². The average molecular weight is 530 g/mol. The van der Waals surface area contributed by atoms with Crippen LogP contribution in [-0.2, 0) is 28.8 Å². The van der Waals surface area contributed by atoms with Crippen LogP contribution in [0.15, 0.2) is 4.99 Å². The molecule has 0 aromatic carbocycles. The third-order valence-corrected chi connectivity index (χ3v) is 4.97. The molecule has 0 radical (unpaired) electrons. The van der Waals surface area contributed by atoms with E-state index in [4.69, 9.17) is 28.7 Å². The number of primary amides is 2. The Labute approximate surface area is 214 Å². The molecule has 0 aromatic heterocycles. The summed E-state index contributed by atoms with van der Waals surface area (Å²) >= 11 is 0. The standard InChI is InChI=1S/C21H39N9O7/c1-10(2)8-11(22)17(33)28-13(5-6-15(23)31)19(35)29-12(4-3-7-27-21(25)26)18(34)30-14(20(36)37)9-16(24)32/h10-14H,3-9,22H2,1-2H3,(H2,23,31)(H2,24,32)(H,28,33)(H,29,35)(H,30,34)(H,36,37)(H4,25,26,27). The van der Waals surface area contributed by atoms with Crippen LogP contribution in [-0.4, -0.2) is 77.3 Å². The second-order valence-corrected chi connectivity index (χ2v) is 8.88. The van der Waals surface area contributed by atoms with Gasteiger partial charge in [0.2, 0.25) is 29.5 Å². The molecule has 4 unspecified atom stereocenters. The SMILES string of the molecule is CC(C)CC(N)C(=O)NC(CCC(N)=O)C(=O)NC(CCCN=C(N)N)C(=O)NC(CC(N)=O)C(=O)O. The Hall–Kier alpha value is -3.95. The third kappa shape index (κ3) is 14.9. The molecule has 0 saturated heterocycles. The lowest BCUT2D eigenvalue weighted by atomic mass is 10.0. The summed E-state index contributed by atoms with van der Waals surface area (Å²) in [7, 11) is 0. The van der Waals surface area contributed by atoms with Gasteiger partial charge in [-0.25, -0.2) is 4.79 Å². The molecule has 16 heteroatoms. The van der Waals surface area contributed by atoms with Crippen LogP contribution >= 0.6 is 0 Å². The first kappa shape index (κ1) is 33.0. The topological polar surface area (TPSA) is 301 Å². The second kappa shape index (κ2) is 16.7. The molecule has 16 nitrogen and oxygen atoms in total. The predicted octanol–water partition coefficient (Wildman–Crippen LogP) is -3.91. The zero-order valence-electron chi connectivity index (χ0n) is 21.1. The molecule has 0 saturated carbocycles. The number of carbonyl (C=O) groups excluding carboxylic acids is 5. The number of aliphatic imine (C=N–C) groups is 1. The van der Waals surface area contributed by atoms with Crippen molar-refractivity contribution in [1.82, 2.24) is 16.0 Å². The van der Waals surface area contributed by atoms with E-state index in [1.807, 2.05) is 13.8 Å². The Balaban J connectivity index is 5.72. The Morgan fingerprint density at radius 3 is 1.76 bits per heavy atom. The maximum atomic E-state index is 13.0. The summed E-state index contributed by atoms with van der Waals surface area (Å²) in [5, 5.41) is 16.3. The van der Waals surface area contributed by atoms with Gasteiger partial charge >= 0.3 is 5.97 Å². The van der Waals surface area contributed by atoms with Gasteiger partial charge in [-0.2, -0.15) is 0 Å². The van der Waals surface area contributed by atoms with E-state index < -0.39 is 66.1 Å². The minimum absolute atomic E-state index is 0.0411. The lowest BCUT2D eigenvalue weighted by molar-refractivity contribution is -0.143. The molecule has 0 bridgehead atoms. The average Bonchev–Trinajstić information content (AvgIpc) is 2.76. The minimum Gasteiger partial charge on any atom is -0.480 e. The van der Waals surface area contributed by atoms with Crippen LogP contribution in [0.25, 0.3) is 0 Å². The molecular formula is C21H39N9O7. The largest absolute Gasteiger partial charge is 0.480 e. The van der Waals surface area contributed by atoms with Gasteiger partial charge in [0.25, 0.3) is 0 Å². The number of amides is 5. The van der Waals surface area contributed by atoms with E-state index >= 15 is 0 Å². The zero-order valence-corrected chi connectivity index (χ0v) is 21.1. The summed E-state index contributed by atoms with van der Waals surface area (Å²) < 4.78 is 0. The van der Waals surface area contributed by atoms with Crippen molar-refractivity contribution < 1.29 is 33.9 Å². The van der Waals surface area contributed by atoms with Crippen molar-refractivity contribution in [3.05, 3.63) is 0 Å². The van der Waals surface area contributed by atoms with Crippen LogP contribution in [0.4, 0.5) is 0 Å². The maximum absolute atomic E-state index is 13.0. The Morgan fingerprint density at radius 2 is 1.30 bits per heavy atom. The molecule has 37 heavy (non-hydrogen) atoms. The fraction of sp³-hybridized carbons (Fsp3) is 0.667. The Bertz CT molecular complexity index is 859. The van der Waals surface area contributed by atoms with Crippen molar-refractivity contribution in [2.24, 2.45) is 39.6 Å². The van der Waals surface area contributed by atoms with Crippen LogP contribution in [0.3, 0.4) is 0 Å². The van der Waals surface area contributed by atoms with Crippen molar-refractivity contribution >= 4 is 41.5 Å². The lowest BCUT2D eigenvalue weighted by Gasteiger charge is -2.25. The number of nitrogens with zero attached hydrogens (tertiary/aromatic N) is 1. The van der Waals surface area contributed by atoms with Gasteiger partial charge in [-0.05, 0) is 31.6 Å². The summed E-state index contributed by atoms with van der Waals surface area (Å²) in [6.45, 7) is 3.81. The summed E-state index contributed by atoms with van der Waals surface area (Å²) in [6, 6.07) is -5.14. The molecule has 0 aliphatic rings. The van der Waals surface area contributed by atoms with Crippen LogP contribution < -0.4 is 44.6 Å². The lowest BCUT2D eigenvalue weighted by Crippen LogP contribution is -2.57. The Morgan fingerprint density at radius 1 is 0.784 bits per heavy atom. The first-order valence-corrected chi connectivity index (χ1v) is 11.6. The number of carboxylic acids is 1. The van der Waals surface area contributed by atoms with E-state index in [2.05, 4.69) is 20.9 Å². The molecule has 14 N–H and O–H groups in total. The molecule has 0 fully saturated rings. The van der Waals surface area contributed by atoms with Crippen molar-refractivity contribution in [2.75, 3.05) is 6.54 Å². The quantitative estimate of drug-likeness (QED) is 0.0472. The van der Waals surface area contributed by atoms with Crippen LogP contribution in [0.5, 0.6) is 0 Å². The normalized spacial score (nSPS) is 13.9. The van der Waals surface area contributed by atoms with Gasteiger partial charge in [0.1, 0.15) is 18.1 Å². The predicted molar refractivity (Wildman–Crippen MR) is 133 cm³/mol. The van der Waals surface area contributed by atoms with Gasteiger partial charge in [0, 0.05) is 13.0 Å². The number of hydrogen-bond donors (Lipinski definition) is 9. The van der Waals surface area contributed by atoms with E-state index in [1.165, 1.54) is 0 Å². The highest BCUT2D eigenvalue weighted by Crippen LogP contribution is 2.07. The number of hydrogen-bond acceptors (Lipinski definition) is 8. The molecule has 0 aromatic rings. The second-order valence-electron chi connectivity index (χ2n) is 8.88. The molecular weight excluding hydrogens is 490 g/mol. The van der Waals surface area contributed by atoms with Gasteiger partial charge < -0.3 is 49.7 Å². The smallest absolute Gasteiger partial charge is 0.326 e. The number of carbonyl (C=O) groups is 6. The van der Waals surface area contributed by atoms with E-state index in [9.17, 15) is 33.9 Å². The van der Waals surface area contributed by atoms with Gasteiger partial charge in [-0.15, -0.1) is 0 Å². The molecule has 210 valence electrons. The summed E-state index contributed by atoms with van der Waals surface area (Å²) in [5.74, 6) is -5.70. The Kier molecular flexibility index (Phi) is 14.9. The van der Waals surface area contributed by atoms with Crippen molar-refractivity contribution in [3.63, 3.8) is 0 Å². The number of nitrogens with one attached hydrogen (secondary N) is 3. The monoisotopic (exact) mass is 529 g/mol. The summed E-state index contributed by atoms with van der Waals surface area (Å²) in [4.78, 5) is 76.0. The number of aliphatic carboxylic acids is 1. The third-order valence-electron chi connectivity index (χ3n) is 4.97. The highest BCUT2D eigenvalue weighted by atomic mass is 16.4. The maximum Gasteiger partial charge on any atom is 0.326 e. The molecule has 0 aliphatic carbocycles. The van der Waals surface area contributed by atoms with Gasteiger partial charge in [-0.3, -0.25) is 29.0 Å². The molecule has 0 spiro atoms. The summed E-state index contributed by atoms with van der Waals surface area (Å²) in [6.07, 6.45) is -0.618. The van der Waals surface area contributed by atoms with Crippen molar-refractivity contribution in [2.45, 2.75) is 76.5 Å². The highest BCUT2D eigenvalue weighted by Gasteiger charge is 2.31. The van der Waals surface area contributed by atoms with Crippen LogP contribution in [0.1, 0.15) is 52.4 Å². The van der Waals surface area contributed by atoms with Crippen molar-refractivity contribution in [3.8, 4) is 0 Å². The number of rotatable bonds is 18. The zero-order chi connectivity index (χ0) is 28.7. The van der Waals surface area contributed by atoms with Crippen LogP contribution in [0, 0.1) is 5.92 Å². The summed E-state index contributed by atoms with van der Waals surface area (Å²) in [5.41, 5.74) is 26.6. The van der Waals surface area contributed by atoms with E-state index in [1.54, 1.807) is 0 Å². The first-order valence-electron chi connectivity index (χ1n) is 11.6. The minimum atomic E-state index is -1.64. The molecule has 0 heterocycles.